The molecule has 0 saturated heterocycles. The number of ether oxygens (including phenoxy) is 1. The largest absolute Gasteiger partial charge is 0.439 e. The van der Waals surface area contributed by atoms with Gasteiger partial charge >= 0.3 is 5.97 Å². The molecule has 86 valence electrons. The minimum atomic E-state index is -1.08. The highest BCUT2D eigenvalue weighted by Gasteiger charge is 2.22. The molecule has 0 spiro atoms. The van der Waals surface area contributed by atoms with Gasteiger partial charge in [0.05, 0.1) is 5.56 Å². The summed E-state index contributed by atoms with van der Waals surface area (Å²) in [6, 6.07) is 6.90. The molecule has 1 rings (SSSR count). The molecule has 0 N–H and O–H groups in total. The van der Waals surface area contributed by atoms with Gasteiger partial charge in [-0.1, -0.05) is 37.3 Å². The van der Waals surface area contributed by atoms with Crippen molar-refractivity contribution in [2.24, 2.45) is 0 Å². The van der Waals surface area contributed by atoms with Crippen molar-refractivity contribution in [3.05, 3.63) is 54.6 Å². The van der Waals surface area contributed by atoms with Gasteiger partial charge in [-0.3, -0.25) is 0 Å². The van der Waals surface area contributed by atoms with Gasteiger partial charge in [0.15, 0.2) is 5.60 Å². The Balaban J connectivity index is 2.87. The van der Waals surface area contributed by atoms with Crippen LogP contribution in [0.2, 0.25) is 0 Å². The zero-order chi connectivity index (χ0) is 12.9. The number of hydrogen-bond donors (Lipinski definition) is 0. The lowest BCUT2D eigenvalue weighted by Gasteiger charge is -2.19. The second-order valence-corrected chi connectivity index (χ2v) is 3.67. The van der Waals surface area contributed by atoms with Gasteiger partial charge in [-0.25, -0.2) is 4.79 Å². The fourth-order valence-corrected chi connectivity index (χ4v) is 1.14. The van der Waals surface area contributed by atoms with Gasteiger partial charge in [0.2, 0.25) is 0 Å². The van der Waals surface area contributed by atoms with Crippen molar-refractivity contribution in [3.8, 4) is 12.3 Å². The maximum atomic E-state index is 11.8. The van der Waals surface area contributed by atoms with Crippen molar-refractivity contribution in [2.75, 3.05) is 0 Å². The van der Waals surface area contributed by atoms with Gasteiger partial charge in [0.1, 0.15) is 0 Å². The fourth-order valence-electron chi connectivity index (χ4n) is 1.14. The molecule has 0 saturated carbocycles. The van der Waals surface area contributed by atoms with E-state index in [9.17, 15) is 4.79 Å². The van der Waals surface area contributed by atoms with Crippen molar-refractivity contribution in [1.29, 1.82) is 0 Å². The molecule has 1 aromatic carbocycles. The molecule has 0 aromatic heterocycles. The number of benzene rings is 1. The van der Waals surface area contributed by atoms with Crippen LogP contribution >= 0.6 is 0 Å². The van der Waals surface area contributed by atoms with E-state index in [2.05, 4.69) is 19.1 Å². The van der Waals surface area contributed by atoms with E-state index >= 15 is 0 Å². The van der Waals surface area contributed by atoms with Crippen LogP contribution in [-0.2, 0) is 4.74 Å². The van der Waals surface area contributed by atoms with E-state index in [0.29, 0.717) is 5.56 Å². The monoisotopic (exact) mass is 226 g/mol. The second-order valence-electron chi connectivity index (χ2n) is 3.67. The standard InChI is InChI=1S/C15H14O2/c1-5-12-8-10-13(11-9-12)14(16)17-15(4,6-2)7-3/h2,5,7-11H,1,3H2,4H3. The molecule has 0 heterocycles. The van der Waals surface area contributed by atoms with E-state index in [1.54, 1.807) is 37.3 Å². The summed E-state index contributed by atoms with van der Waals surface area (Å²) in [4.78, 5) is 11.8. The lowest BCUT2D eigenvalue weighted by atomic mass is 10.1. The highest BCUT2D eigenvalue weighted by Crippen LogP contribution is 2.14. The first-order valence-electron chi connectivity index (χ1n) is 5.12. The summed E-state index contributed by atoms with van der Waals surface area (Å²) >= 11 is 0. The van der Waals surface area contributed by atoms with Crippen molar-refractivity contribution in [1.82, 2.24) is 0 Å². The smallest absolute Gasteiger partial charge is 0.339 e. The molecule has 0 aliphatic heterocycles. The molecule has 0 radical (unpaired) electrons. The third-order valence-electron chi connectivity index (χ3n) is 2.36. The van der Waals surface area contributed by atoms with Gasteiger partial charge in [0, 0.05) is 0 Å². The van der Waals surface area contributed by atoms with Gasteiger partial charge in [0.25, 0.3) is 0 Å². The fraction of sp³-hybridized carbons (Fsp3) is 0.133. The molecule has 0 aliphatic carbocycles. The average molecular weight is 226 g/mol. The summed E-state index contributed by atoms with van der Waals surface area (Å²) in [5.41, 5.74) is 0.303. The lowest BCUT2D eigenvalue weighted by Crippen LogP contribution is -2.27. The number of esters is 1. The summed E-state index contributed by atoms with van der Waals surface area (Å²) in [5.74, 6) is 1.90. The van der Waals surface area contributed by atoms with Crippen molar-refractivity contribution in [2.45, 2.75) is 12.5 Å². The summed E-state index contributed by atoms with van der Waals surface area (Å²) < 4.78 is 5.18. The Labute approximate surface area is 102 Å². The highest BCUT2D eigenvalue weighted by atomic mass is 16.6. The predicted octanol–water partition coefficient (Wildman–Crippen LogP) is 3.06. The van der Waals surface area contributed by atoms with Crippen LogP contribution in [0.15, 0.2) is 43.5 Å². The molecular formula is C15H14O2. The molecule has 0 amide bonds. The number of carbonyl (C=O) groups excluding carboxylic acids is 1. The molecule has 1 aromatic rings. The Kier molecular flexibility index (Phi) is 3.90. The SMILES string of the molecule is C#CC(C)(C=C)OC(=O)c1ccc(C=C)cc1. The number of rotatable bonds is 4. The Morgan fingerprint density at radius 1 is 1.41 bits per heavy atom. The van der Waals surface area contributed by atoms with Crippen LogP contribution in [0.5, 0.6) is 0 Å². The molecule has 1 unspecified atom stereocenters. The highest BCUT2D eigenvalue weighted by molar-refractivity contribution is 5.90. The zero-order valence-electron chi connectivity index (χ0n) is 9.77. The summed E-state index contributed by atoms with van der Waals surface area (Å²) in [6.07, 6.45) is 8.40. The van der Waals surface area contributed by atoms with Crippen molar-refractivity contribution in [3.63, 3.8) is 0 Å². The summed E-state index contributed by atoms with van der Waals surface area (Å²) in [7, 11) is 0. The van der Waals surface area contributed by atoms with Crippen LogP contribution in [0.1, 0.15) is 22.8 Å². The predicted molar refractivity (Wildman–Crippen MR) is 69.4 cm³/mol. The quantitative estimate of drug-likeness (QED) is 0.448. The Morgan fingerprint density at radius 2 is 2.00 bits per heavy atom. The summed E-state index contributed by atoms with van der Waals surface area (Å²) in [6.45, 7) is 8.79. The van der Waals surface area contributed by atoms with Gasteiger partial charge in [-0.05, 0) is 30.7 Å². The van der Waals surface area contributed by atoms with Crippen LogP contribution in [0.3, 0.4) is 0 Å². The maximum absolute atomic E-state index is 11.8. The first-order chi connectivity index (χ1) is 8.04. The third-order valence-corrected chi connectivity index (χ3v) is 2.36. The van der Waals surface area contributed by atoms with Gasteiger partial charge in [-0.15, -0.1) is 6.42 Å². The first-order valence-corrected chi connectivity index (χ1v) is 5.12. The Hall–Kier alpha value is -2.27. The lowest BCUT2D eigenvalue weighted by molar-refractivity contribution is 0.0284. The van der Waals surface area contributed by atoms with Crippen molar-refractivity contribution < 1.29 is 9.53 Å². The number of terminal acetylenes is 1. The molecule has 17 heavy (non-hydrogen) atoms. The van der Waals surface area contributed by atoms with Gasteiger partial charge < -0.3 is 4.74 Å². The first kappa shape index (κ1) is 12.8. The minimum absolute atomic E-state index is 0.443. The Morgan fingerprint density at radius 3 is 2.41 bits per heavy atom. The molecule has 0 aliphatic rings. The van der Waals surface area contributed by atoms with Gasteiger partial charge in [-0.2, -0.15) is 0 Å². The molecular weight excluding hydrogens is 212 g/mol. The molecule has 0 fully saturated rings. The van der Waals surface area contributed by atoms with Crippen LogP contribution < -0.4 is 0 Å². The van der Waals surface area contributed by atoms with E-state index in [4.69, 9.17) is 11.2 Å². The average Bonchev–Trinajstić information content (AvgIpc) is 2.38. The van der Waals surface area contributed by atoms with E-state index in [1.807, 2.05) is 0 Å². The zero-order valence-corrected chi connectivity index (χ0v) is 9.77. The van der Waals surface area contributed by atoms with E-state index in [0.717, 1.165) is 5.56 Å². The van der Waals surface area contributed by atoms with Crippen molar-refractivity contribution >= 4 is 12.0 Å². The van der Waals surface area contributed by atoms with Crippen LogP contribution in [0.25, 0.3) is 6.08 Å². The molecule has 2 heteroatoms. The molecule has 2 nitrogen and oxygen atoms in total. The molecule has 0 bridgehead atoms. The van der Waals surface area contributed by atoms with Crippen LogP contribution in [0, 0.1) is 12.3 Å². The van der Waals surface area contributed by atoms with Crippen LogP contribution in [0.4, 0.5) is 0 Å². The summed E-state index contributed by atoms with van der Waals surface area (Å²) in [5, 5.41) is 0. The van der Waals surface area contributed by atoms with E-state index < -0.39 is 11.6 Å². The number of carbonyl (C=O) groups is 1. The second kappa shape index (κ2) is 5.18. The minimum Gasteiger partial charge on any atom is -0.439 e. The third kappa shape index (κ3) is 3.09. The molecule has 1 atom stereocenters. The number of hydrogen-bond acceptors (Lipinski definition) is 2. The normalized spacial score (nSPS) is 12.9. The van der Waals surface area contributed by atoms with E-state index in [1.165, 1.54) is 6.08 Å². The van der Waals surface area contributed by atoms with E-state index in [-0.39, 0.29) is 0 Å². The Bertz CT molecular complexity index is 477. The maximum Gasteiger partial charge on any atom is 0.339 e. The topological polar surface area (TPSA) is 26.3 Å². The van der Waals surface area contributed by atoms with Crippen LogP contribution in [-0.4, -0.2) is 11.6 Å².